The Morgan fingerprint density at radius 3 is 2.50 bits per heavy atom. The number of para-hydroxylation sites is 1. The number of amides is 2. The van der Waals surface area contributed by atoms with Crippen molar-refractivity contribution in [3.05, 3.63) is 58.1 Å². The molecule has 2 amide bonds. The van der Waals surface area contributed by atoms with Crippen LogP contribution in [0.3, 0.4) is 0 Å². The number of hydrogen-bond acceptors (Lipinski definition) is 5. The maximum absolute atomic E-state index is 12.3. The minimum atomic E-state index is -0.458. The lowest BCUT2D eigenvalue weighted by atomic mass is 9.98. The molecular weight excluding hydrogens is 452 g/mol. The number of nitrogens with one attached hydrogen (secondary N) is 2. The Morgan fingerprint density at radius 1 is 1.03 bits per heavy atom. The van der Waals surface area contributed by atoms with Gasteiger partial charge in [0.2, 0.25) is 0 Å². The zero-order chi connectivity index (χ0) is 21.9. The van der Waals surface area contributed by atoms with Gasteiger partial charge in [-0.1, -0.05) is 32.0 Å². The number of halogens is 1. The Hall–Kier alpha value is -2.58. The fourth-order valence-electron chi connectivity index (χ4n) is 2.61. The predicted octanol–water partition coefficient (Wildman–Crippen LogP) is 3.83. The molecule has 0 aromatic heterocycles. The first-order valence-electron chi connectivity index (χ1n) is 9.68. The van der Waals surface area contributed by atoms with Crippen LogP contribution in [0, 0.1) is 0 Å². The number of rotatable bonds is 10. The van der Waals surface area contributed by atoms with Gasteiger partial charge in [0.25, 0.3) is 11.8 Å². The smallest absolute Gasteiger partial charge is 0.276 e. The van der Waals surface area contributed by atoms with Crippen LogP contribution < -0.4 is 20.3 Å². The van der Waals surface area contributed by atoms with Gasteiger partial charge < -0.3 is 14.2 Å². The SMILES string of the molecule is CCC(C)c1ccccc1OCC(=O)NNC(=O)c1ccc(OCCOC)c(Br)c1. The Bertz CT molecular complexity index is 859. The van der Waals surface area contributed by atoms with Crippen LogP contribution in [0.15, 0.2) is 46.9 Å². The normalized spacial score (nSPS) is 11.5. The Kier molecular flexibility index (Phi) is 9.63. The molecule has 0 saturated carbocycles. The van der Waals surface area contributed by atoms with Crippen molar-refractivity contribution in [2.24, 2.45) is 0 Å². The van der Waals surface area contributed by atoms with Gasteiger partial charge in [0.15, 0.2) is 6.61 Å². The van der Waals surface area contributed by atoms with Gasteiger partial charge in [-0.3, -0.25) is 20.4 Å². The monoisotopic (exact) mass is 478 g/mol. The van der Waals surface area contributed by atoms with Crippen molar-refractivity contribution in [2.45, 2.75) is 26.2 Å². The molecule has 0 bridgehead atoms. The summed E-state index contributed by atoms with van der Waals surface area (Å²) in [5, 5.41) is 0. The second-order valence-electron chi connectivity index (χ2n) is 6.62. The molecule has 0 fully saturated rings. The highest BCUT2D eigenvalue weighted by Gasteiger charge is 2.13. The maximum Gasteiger partial charge on any atom is 0.276 e. The first kappa shape index (κ1) is 23.7. The van der Waals surface area contributed by atoms with Gasteiger partial charge in [0, 0.05) is 12.7 Å². The molecular formula is C22H27BrN2O5. The molecule has 0 radical (unpaired) electrons. The van der Waals surface area contributed by atoms with Crippen LogP contribution in [0.5, 0.6) is 11.5 Å². The average Bonchev–Trinajstić information content (AvgIpc) is 2.76. The minimum Gasteiger partial charge on any atom is -0.490 e. The van der Waals surface area contributed by atoms with Crippen molar-refractivity contribution in [3.8, 4) is 11.5 Å². The fourth-order valence-corrected chi connectivity index (χ4v) is 3.10. The lowest BCUT2D eigenvalue weighted by Gasteiger charge is -2.15. The van der Waals surface area contributed by atoms with E-state index in [-0.39, 0.29) is 6.61 Å². The van der Waals surface area contributed by atoms with E-state index in [1.165, 1.54) is 0 Å². The van der Waals surface area contributed by atoms with Crippen LogP contribution in [0.25, 0.3) is 0 Å². The summed E-state index contributed by atoms with van der Waals surface area (Å²) in [4.78, 5) is 24.4. The van der Waals surface area contributed by atoms with E-state index >= 15 is 0 Å². The highest BCUT2D eigenvalue weighted by molar-refractivity contribution is 9.10. The molecule has 1 unspecified atom stereocenters. The van der Waals surface area contributed by atoms with E-state index in [9.17, 15) is 9.59 Å². The Balaban J connectivity index is 1.85. The molecule has 0 aliphatic heterocycles. The van der Waals surface area contributed by atoms with Crippen molar-refractivity contribution in [1.29, 1.82) is 0 Å². The summed E-state index contributed by atoms with van der Waals surface area (Å²) < 4.78 is 16.7. The molecule has 30 heavy (non-hydrogen) atoms. The summed E-state index contributed by atoms with van der Waals surface area (Å²) in [5.41, 5.74) is 6.16. The van der Waals surface area contributed by atoms with Crippen LogP contribution in [0.1, 0.15) is 42.1 Å². The number of hydrogen-bond donors (Lipinski definition) is 2. The van der Waals surface area contributed by atoms with E-state index < -0.39 is 11.8 Å². The molecule has 162 valence electrons. The van der Waals surface area contributed by atoms with E-state index in [0.29, 0.717) is 40.7 Å². The topological polar surface area (TPSA) is 85.9 Å². The minimum absolute atomic E-state index is 0.205. The largest absolute Gasteiger partial charge is 0.490 e. The maximum atomic E-state index is 12.3. The summed E-state index contributed by atoms with van der Waals surface area (Å²) in [6, 6.07) is 12.5. The molecule has 0 spiro atoms. The number of hydrazine groups is 1. The number of carbonyl (C=O) groups is 2. The summed E-state index contributed by atoms with van der Waals surface area (Å²) in [6.45, 7) is 4.86. The molecule has 0 saturated heterocycles. The number of ether oxygens (including phenoxy) is 3. The van der Waals surface area contributed by atoms with Gasteiger partial charge in [-0.15, -0.1) is 0 Å². The quantitative estimate of drug-likeness (QED) is 0.400. The van der Waals surface area contributed by atoms with Gasteiger partial charge >= 0.3 is 0 Å². The van der Waals surface area contributed by atoms with Crippen molar-refractivity contribution in [2.75, 3.05) is 26.9 Å². The van der Waals surface area contributed by atoms with Crippen LogP contribution in [0.4, 0.5) is 0 Å². The molecule has 2 rings (SSSR count). The van der Waals surface area contributed by atoms with Gasteiger partial charge in [0.1, 0.15) is 18.1 Å². The van der Waals surface area contributed by atoms with Crippen LogP contribution in [-0.4, -0.2) is 38.7 Å². The van der Waals surface area contributed by atoms with Crippen molar-refractivity contribution in [3.63, 3.8) is 0 Å². The molecule has 8 heteroatoms. The molecule has 2 N–H and O–H groups in total. The summed E-state index contributed by atoms with van der Waals surface area (Å²) in [7, 11) is 1.59. The van der Waals surface area contributed by atoms with Gasteiger partial charge in [0.05, 0.1) is 11.1 Å². The van der Waals surface area contributed by atoms with E-state index in [2.05, 4.69) is 40.6 Å². The van der Waals surface area contributed by atoms with E-state index in [1.807, 2.05) is 24.3 Å². The highest BCUT2D eigenvalue weighted by atomic mass is 79.9. The van der Waals surface area contributed by atoms with Gasteiger partial charge in [-0.25, -0.2) is 0 Å². The lowest BCUT2D eigenvalue weighted by Crippen LogP contribution is -2.43. The molecule has 7 nitrogen and oxygen atoms in total. The molecule has 0 aliphatic rings. The molecule has 0 heterocycles. The first-order valence-corrected chi connectivity index (χ1v) is 10.5. The highest BCUT2D eigenvalue weighted by Crippen LogP contribution is 2.28. The summed E-state index contributed by atoms with van der Waals surface area (Å²) in [5.74, 6) is 0.680. The Morgan fingerprint density at radius 2 is 1.80 bits per heavy atom. The third-order valence-corrected chi connectivity index (χ3v) is 5.10. The average molecular weight is 479 g/mol. The predicted molar refractivity (Wildman–Crippen MR) is 118 cm³/mol. The molecule has 0 aliphatic carbocycles. The Labute approximate surface area is 185 Å². The third-order valence-electron chi connectivity index (χ3n) is 4.48. The fraction of sp³-hybridized carbons (Fsp3) is 0.364. The van der Waals surface area contributed by atoms with Crippen LogP contribution in [0.2, 0.25) is 0 Å². The lowest BCUT2D eigenvalue weighted by molar-refractivity contribution is -0.123. The number of benzene rings is 2. The second-order valence-corrected chi connectivity index (χ2v) is 7.48. The number of methoxy groups -OCH3 is 1. The van der Waals surface area contributed by atoms with Gasteiger partial charge in [-0.05, 0) is 58.1 Å². The molecule has 2 aromatic carbocycles. The molecule has 2 aromatic rings. The molecule has 1 atom stereocenters. The second kappa shape index (κ2) is 12.2. The standard InChI is InChI=1S/C22H27BrN2O5/c1-4-15(2)17-7-5-6-8-19(17)30-14-21(26)24-25-22(27)16-9-10-20(18(23)13-16)29-12-11-28-3/h5-10,13,15H,4,11-12,14H2,1-3H3,(H,24,26)(H,25,27). The van der Waals surface area contributed by atoms with Crippen molar-refractivity contribution in [1.82, 2.24) is 10.9 Å². The van der Waals surface area contributed by atoms with Crippen LogP contribution >= 0.6 is 15.9 Å². The summed E-state index contributed by atoms with van der Waals surface area (Å²) >= 11 is 3.37. The van der Waals surface area contributed by atoms with Crippen LogP contribution in [-0.2, 0) is 9.53 Å². The van der Waals surface area contributed by atoms with Gasteiger partial charge in [-0.2, -0.15) is 0 Å². The zero-order valence-corrected chi connectivity index (χ0v) is 19.0. The summed E-state index contributed by atoms with van der Waals surface area (Å²) in [6.07, 6.45) is 0.967. The van der Waals surface area contributed by atoms with Crippen molar-refractivity contribution < 1.29 is 23.8 Å². The van der Waals surface area contributed by atoms with E-state index in [0.717, 1.165) is 12.0 Å². The zero-order valence-electron chi connectivity index (χ0n) is 17.4. The first-order chi connectivity index (χ1) is 14.5. The van der Waals surface area contributed by atoms with E-state index in [4.69, 9.17) is 14.2 Å². The number of carbonyl (C=O) groups excluding carboxylic acids is 2. The third kappa shape index (κ3) is 7.03. The van der Waals surface area contributed by atoms with Crippen molar-refractivity contribution >= 4 is 27.7 Å². The van der Waals surface area contributed by atoms with E-state index in [1.54, 1.807) is 25.3 Å².